The smallest absolute Gasteiger partial charge is 0.243 e. The van der Waals surface area contributed by atoms with Crippen molar-refractivity contribution in [3.05, 3.63) is 29.6 Å². The van der Waals surface area contributed by atoms with Gasteiger partial charge in [-0.15, -0.1) is 12.4 Å². The summed E-state index contributed by atoms with van der Waals surface area (Å²) in [6, 6.07) is 4.26. The molecule has 2 N–H and O–H groups in total. The average molecular weight is 309 g/mol. The first-order valence-corrected chi connectivity index (χ1v) is 7.46. The summed E-state index contributed by atoms with van der Waals surface area (Å²) in [7, 11) is -3.76. The van der Waals surface area contributed by atoms with Gasteiger partial charge in [-0.3, -0.25) is 0 Å². The SMILES string of the molecule is Cc1ccc(S(=O)(=O)NCC2CCCN2)c(F)c1.Cl. The van der Waals surface area contributed by atoms with Gasteiger partial charge in [0.05, 0.1) is 0 Å². The van der Waals surface area contributed by atoms with Crippen LogP contribution in [0.25, 0.3) is 0 Å². The molecule has 1 aliphatic rings. The molecule has 108 valence electrons. The highest BCUT2D eigenvalue weighted by Crippen LogP contribution is 2.15. The number of sulfonamides is 1. The van der Waals surface area contributed by atoms with Gasteiger partial charge in [-0.05, 0) is 44.0 Å². The van der Waals surface area contributed by atoms with Gasteiger partial charge in [0, 0.05) is 12.6 Å². The predicted octanol–water partition coefficient (Wildman–Crippen LogP) is 1.59. The molecule has 1 saturated heterocycles. The van der Waals surface area contributed by atoms with Gasteiger partial charge < -0.3 is 5.32 Å². The largest absolute Gasteiger partial charge is 0.313 e. The topological polar surface area (TPSA) is 58.2 Å². The Morgan fingerprint density at radius 1 is 1.47 bits per heavy atom. The zero-order valence-electron chi connectivity index (χ0n) is 10.6. The van der Waals surface area contributed by atoms with Crippen molar-refractivity contribution in [1.82, 2.24) is 10.0 Å². The number of hydrogen-bond acceptors (Lipinski definition) is 3. The van der Waals surface area contributed by atoms with Crippen LogP contribution < -0.4 is 10.0 Å². The molecule has 1 atom stereocenters. The summed E-state index contributed by atoms with van der Waals surface area (Å²) < 4.78 is 39.9. The van der Waals surface area contributed by atoms with E-state index in [4.69, 9.17) is 0 Å². The minimum absolute atomic E-state index is 0. The van der Waals surface area contributed by atoms with Crippen molar-refractivity contribution in [2.24, 2.45) is 0 Å². The van der Waals surface area contributed by atoms with Crippen LogP contribution in [0.5, 0.6) is 0 Å². The number of hydrogen-bond donors (Lipinski definition) is 2. The van der Waals surface area contributed by atoms with Gasteiger partial charge in [0.1, 0.15) is 10.7 Å². The van der Waals surface area contributed by atoms with Gasteiger partial charge >= 0.3 is 0 Å². The fourth-order valence-electron chi connectivity index (χ4n) is 2.04. The van der Waals surface area contributed by atoms with Crippen LogP contribution in [0.3, 0.4) is 0 Å². The summed E-state index contributed by atoms with van der Waals surface area (Å²) in [5, 5.41) is 3.18. The number of benzene rings is 1. The van der Waals surface area contributed by atoms with Crippen LogP contribution in [0.1, 0.15) is 18.4 Å². The fraction of sp³-hybridized carbons (Fsp3) is 0.500. The molecule has 1 unspecified atom stereocenters. The molecule has 4 nitrogen and oxygen atoms in total. The third kappa shape index (κ3) is 4.14. The molecule has 0 aromatic heterocycles. The van der Waals surface area contributed by atoms with E-state index in [1.54, 1.807) is 13.0 Å². The number of rotatable bonds is 4. The third-order valence-corrected chi connectivity index (χ3v) is 4.52. The normalized spacial score (nSPS) is 19.2. The molecule has 7 heteroatoms. The molecule has 2 rings (SSSR count). The first kappa shape index (κ1) is 16.4. The molecule has 1 fully saturated rings. The molecule has 1 aromatic rings. The molecule has 0 aliphatic carbocycles. The second kappa shape index (κ2) is 6.65. The third-order valence-electron chi connectivity index (χ3n) is 3.06. The van der Waals surface area contributed by atoms with Gasteiger partial charge in [-0.25, -0.2) is 17.5 Å². The van der Waals surface area contributed by atoms with Crippen molar-refractivity contribution in [2.45, 2.75) is 30.7 Å². The van der Waals surface area contributed by atoms with Crippen LogP contribution in [-0.2, 0) is 10.0 Å². The minimum atomic E-state index is -3.76. The van der Waals surface area contributed by atoms with Crippen LogP contribution in [-0.4, -0.2) is 27.5 Å². The Balaban J connectivity index is 0.00000180. The van der Waals surface area contributed by atoms with Gasteiger partial charge in [0.25, 0.3) is 0 Å². The van der Waals surface area contributed by atoms with Crippen LogP contribution in [0.2, 0.25) is 0 Å². The fourth-order valence-corrected chi connectivity index (χ4v) is 3.18. The molecule has 1 heterocycles. The van der Waals surface area contributed by atoms with Crippen molar-refractivity contribution < 1.29 is 12.8 Å². The monoisotopic (exact) mass is 308 g/mol. The maximum atomic E-state index is 13.6. The molecule has 0 radical (unpaired) electrons. The van der Waals surface area contributed by atoms with E-state index in [1.807, 2.05) is 0 Å². The van der Waals surface area contributed by atoms with Crippen LogP contribution in [0.4, 0.5) is 4.39 Å². The summed E-state index contributed by atoms with van der Waals surface area (Å²) in [5.41, 5.74) is 0.698. The lowest BCUT2D eigenvalue weighted by Gasteiger charge is -2.12. The summed E-state index contributed by atoms with van der Waals surface area (Å²) >= 11 is 0. The van der Waals surface area contributed by atoms with E-state index >= 15 is 0 Å². The average Bonchev–Trinajstić information content (AvgIpc) is 2.78. The molecule has 0 saturated carbocycles. The Kier molecular flexibility index (Phi) is 5.73. The lowest BCUT2D eigenvalue weighted by atomic mass is 10.2. The van der Waals surface area contributed by atoms with E-state index < -0.39 is 15.8 Å². The van der Waals surface area contributed by atoms with Crippen molar-refractivity contribution in [3.63, 3.8) is 0 Å². The van der Waals surface area contributed by atoms with Gasteiger partial charge in [0.2, 0.25) is 10.0 Å². The molecular weight excluding hydrogens is 291 g/mol. The number of nitrogens with one attached hydrogen (secondary N) is 2. The van der Waals surface area contributed by atoms with Crippen LogP contribution in [0.15, 0.2) is 23.1 Å². The van der Waals surface area contributed by atoms with Crippen molar-refractivity contribution in [1.29, 1.82) is 0 Å². The van der Waals surface area contributed by atoms with Gasteiger partial charge in [-0.1, -0.05) is 6.07 Å². The first-order chi connectivity index (χ1) is 8.49. The van der Waals surface area contributed by atoms with E-state index in [9.17, 15) is 12.8 Å². The summed E-state index contributed by atoms with van der Waals surface area (Å²) in [4.78, 5) is -0.286. The molecule has 0 amide bonds. The summed E-state index contributed by atoms with van der Waals surface area (Å²) in [5.74, 6) is -0.707. The molecule has 1 aromatic carbocycles. The Labute approximate surface area is 119 Å². The van der Waals surface area contributed by atoms with Crippen molar-refractivity contribution in [2.75, 3.05) is 13.1 Å². The molecule has 1 aliphatic heterocycles. The molecule has 0 bridgehead atoms. The lowest BCUT2D eigenvalue weighted by Crippen LogP contribution is -2.37. The Bertz CT molecular complexity index is 531. The number of aryl methyl sites for hydroxylation is 1. The quantitative estimate of drug-likeness (QED) is 0.888. The van der Waals surface area contributed by atoms with E-state index in [0.29, 0.717) is 12.1 Å². The van der Waals surface area contributed by atoms with Gasteiger partial charge in [0.15, 0.2) is 0 Å². The van der Waals surface area contributed by atoms with Crippen LogP contribution >= 0.6 is 12.4 Å². The summed E-state index contributed by atoms with van der Waals surface area (Å²) in [6.07, 6.45) is 1.99. The molecule has 19 heavy (non-hydrogen) atoms. The summed E-state index contributed by atoms with van der Waals surface area (Å²) in [6.45, 7) is 2.93. The molecular formula is C12H18ClFN2O2S. The van der Waals surface area contributed by atoms with E-state index in [-0.39, 0.29) is 23.3 Å². The first-order valence-electron chi connectivity index (χ1n) is 5.98. The lowest BCUT2D eigenvalue weighted by molar-refractivity contribution is 0.538. The van der Waals surface area contributed by atoms with E-state index in [1.165, 1.54) is 12.1 Å². The highest BCUT2D eigenvalue weighted by Gasteiger charge is 2.21. The zero-order chi connectivity index (χ0) is 13.2. The Hall–Kier alpha value is -0.690. The second-order valence-electron chi connectivity index (χ2n) is 4.58. The molecule has 0 spiro atoms. The highest BCUT2D eigenvalue weighted by atomic mass is 35.5. The standard InChI is InChI=1S/C12H17FN2O2S.ClH/c1-9-4-5-12(11(13)7-9)18(16,17)15-8-10-3-2-6-14-10;/h4-5,7,10,14-15H,2-3,6,8H2,1H3;1H. The van der Waals surface area contributed by atoms with Gasteiger partial charge in [-0.2, -0.15) is 0 Å². The maximum Gasteiger partial charge on any atom is 0.243 e. The van der Waals surface area contributed by atoms with E-state index in [0.717, 1.165) is 19.4 Å². The Morgan fingerprint density at radius 2 is 2.21 bits per heavy atom. The van der Waals surface area contributed by atoms with E-state index in [2.05, 4.69) is 10.0 Å². The number of halogens is 2. The highest BCUT2D eigenvalue weighted by molar-refractivity contribution is 7.89. The van der Waals surface area contributed by atoms with Crippen molar-refractivity contribution >= 4 is 22.4 Å². The zero-order valence-corrected chi connectivity index (χ0v) is 12.3. The predicted molar refractivity (Wildman–Crippen MR) is 74.6 cm³/mol. The van der Waals surface area contributed by atoms with Crippen molar-refractivity contribution in [3.8, 4) is 0 Å². The Morgan fingerprint density at radius 3 is 2.79 bits per heavy atom. The second-order valence-corrected chi connectivity index (χ2v) is 6.31. The maximum absolute atomic E-state index is 13.6. The minimum Gasteiger partial charge on any atom is -0.313 e. The van der Waals surface area contributed by atoms with Crippen LogP contribution in [0, 0.1) is 12.7 Å².